The Morgan fingerprint density at radius 1 is 1.05 bits per heavy atom. The van der Waals surface area contributed by atoms with E-state index in [1.165, 1.54) is 6.42 Å². The Bertz CT molecular complexity index is 1220. The molecule has 2 amide bonds. The number of oxazole rings is 1. The number of aliphatic imine (C=N–C) groups is 1. The number of aliphatic hydroxyl groups excluding tert-OH is 1. The number of hydrogen-bond donors (Lipinski definition) is 3. The number of aromatic nitrogens is 1. The van der Waals surface area contributed by atoms with Gasteiger partial charge in [0.25, 0.3) is 0 Å². The third-order valence-electron chi connectivity index (χ3n) is 7.15. The van der Waals surface area contributed by atoms with Gasteiger partial charge in [0.2, 0.25) is 11.8 Å². The molecule has 9 heteroatoms. The minimum Gasteiger partial charge on any atom is -0.448 e. The highest BCUT2D eigenvalue weighted by Crippen LogP contribution is 2.28. The van der Waals surface area contributed by atoms with Gasteiger partial charge in [-0.25, -0.2) is 9.78 Å². The average Bonchev–Trinajstić information content (AvgIpc) is 3.40. The van der Waals surface area contributed by atoms with E-state index in [0.717, 1.165) is 25.7 Å². The maximum Gasteiger partial charge on any atom is 0.435 e. The monoisotopic (exact) mass is 534 g/mol. The van der Waals surface area contributed by atoms with Crippen LogP contribution in [0.2, 0.25) is 0 Å². The van der Waals surface area contributed by atoms with Gasteiger partial charge in [0.15, 0.2) is 11.7 Å². The molecule has 9 nitrogen and oxygen atoms in total. The summed E-state index contributed by atoms with van der Waals surface area (Å²) >= 11 is 0. The van der Waals surface area contributed by atoms with E-state index in [-0.39, 0.29) is 24.2 Å². The van der Waals surface area contributed by atoms with Crippen LogP contribution in [0.4, 0.5) is 4.79 Å². The second-order valence-corrected chi connectivity index (χ2v) is 9.95. The van der Waals surface area contributed by atoms with Crippen molar-refractivity contribution in [3.8, 4) is 0 Å². The molecular weight excluding hydrogens is 496 g/mol. The molecule has 39 heavy (non-hydrogen) atoms. The highest BCUT2D eigenvalue weighted by molar-refractivity contribution is 6.05. The first-order valence-electron chi connectivity index (χ1n) is 13.9. The summed E-state index contributed by atoms with van der Waals surface area (Å²) in [5.41, 5.74) is 1.89. The van der Waals surface area contributed by atoms with Gasteiger partial charge in [-0.15, -0.1) is 0 Å². The zero-order valence-corrected chi connectivity index (χ0v) is 22.6. The Kier molecular flexibility index (Phi) is 10.1. The second kappa shape index (κ2) is 13.9. The van der Waals surface area contributed by atoms with E-state index in [9.17, 15) is 14.7 Å². The van der Waals surface area contributed by atoms with Gasteiger partial charge in [-0.1, -0.05) is 81.5 Å². The first-order valence-corrected chi connectivity index (χ1v) is 13.9. The zero-order valence-electron chi connectivity index (χ0n) is 22.6. The van der Waals surface area contributed by atoms with Crippen LogP contribution < -0.4 is 10.6 Å². The first kappa shape index (κ1) is 28.3. The molecule has 1 saturated carbocycles. The summed E-state index contributed by atoms with van der Waals surface area (Å²) < 4.78 is 10.8. The topological polar surface area (TPSA) is 126 Å². The van der Waals surface area contributed by atoms with Gasteiger partial charge in [0, 0.05) is 5.56 Å². The van der Waals surface area contributed by atoms with E-state index in [2.05, 4.69) is 20.6 Å². The van der Waals surface area contributed by atoms with Gasteiger partial charge in [0.1, 0.15) is 17.4 Å². The smallest absolute Gasteiger partial charge is 0.435 e. The molecule has 0 saturated heterocycles. The van der Waals surface area contributed by atoms with Crippen LogP contribution in [0.25, 0.3) is 11.1 Å². The molecule has 0 spiro atoms. The van der Waals surface area contributed by atoms with Crippen LogP contribution in [-0.2, 0) is 9.53 Å². The Hall–Kier alpha value is -3.72. The summed E-state index contributed by atoms with van der Waals surface area (Å²) in [7, 11) is 0. The molecule has 1 heterocycles. The van der Waals surface area contributed by atoms with Crippen molar-refractivity contribution in [2.75, 3.05) is 6.61 Å². The molecule has 1 aliphatic carbocycles. The molecule has 0 radical (unpaired) electrons. The van der Waals surface area contributed by atoms with Crippen molar-refractivity contribution in [2.45, 2.75) is 77.0 Å². The first-order chi connectivity index (χ1) is 19.0. The summed E-state index contributed by atoms with van der Waals surface area (Å²) in [4.78, 5) is 34.6. The van der Waals surface area contributed by atoms with Crippen molar-refractivity contribution < 1.29 is 23.8 Å². The van der Waals surface area contributed by atoms with Crippen molar-refractivity contribution in [2.24, 2.45) is 10.9 Å². The Morgan fingerprint density at radius 3 is 2.46 bits per heavy atom. The molecular formula is C30H38N4O5. The third-order valence-corrected chi connectivity index (χ3v) is 7.15. The molecule has 3 N–H and O–H groups in total. The highest BCUT2D eigenvalue weighted by atomic mass is 16.5. The van der Waals surface area contributed by atoms with Crippen molar-refractivity contribution in [1.82, 2.24) is 15.6 Å². The molecule has 2 aromatic carbocycles. The van der Waals surface area contributed by atoms with Crippen LogP contribution >= 0.6 is 0 Å². The molecule has 208 valence electrons. The lowest BCUT2D eigenvalue weighted by Crippen LogP contribution is -2.52. The Morgan fingerprint density at radius 2 is 1.77 bits per heavy atom. The lowest BCUT2D eigenvalue weighted by atomic mass is 9.84. The van der Waals surface area contributed by atoms with Crippen molar-refractivity contribution in [3.63, 3.8) is 0 Å². The van der Waals surface area contributed by atoms with Crippen molar-refractivity contribution in [3.05, 3.63) is 66.1 Å². The minimum absolute atomic E-state index is 0.161. The molecule has 3 atom stereocenters. The standard InChI is InChI=1S/C30H38N4O5/c1-3-22(26(35)29-33-23-17-11-12-18-25(23)39-29)32-28(36)24(19-20-13-7-5-8-14-20)31-27(34-30(37)38-4-2)21-15-9-6-10-16-21/h6,9-12,15-18,20,22,24,26,35H,3-5,7-8,13-14,19H2,1-2H3,(H,32,36)(H,31,34,37)/t22?,24-,26?/m0/s1. The summed E-state index contributed by atoms with van der Waals surface area (Å²) in [6.07, 6.45) is 4.76. The molecule has 0 aliphatic heterocycles. The number of aliphatic hydroxyl groups is 1. The van der Waals surface area contributed by atoms with Gasteiger partial charge in [0.05, 0.1) is 12.6 Å². The normalized spacial score (nSPS) is 16.8. The van der Waals surface area contributed by atoms with E-state index in [4.69, 9.17) is 9.15 Å². The van der Waals surface area contributed by atoms with Crippen LogP contribution in [0.5, 0.6) is 0 Å². The van der Waals surface area contributed by atoms with E-state index in [0.29, 0.717) is 35.4 Å². The number of ether oxygens (including phenoxy) is 1. The highest BCUT2D eigenvalue weighted by Gasteiger charge is 2.31. The number of nitrogens with one attached hydrogen (secondary N) is 2. The molecule has 4 rings (SSSR count). The quantitative estimate of drug-likeness (QED) is 0.238. The van der Waals surface area contributed by atoms with Crippen LogP contribution in [0.1, 0.15) is 76.4 Å². The molecule has 1 aliphatic rings. The fraction of sp³-hybridized carbons (Fsp3) is 0.467. The molecule has 2 unspecified atom stereocenters. The number of nitrogens with zero attached hydrogens (tertiary/aromatic N) is 2. The van der Waals surface area contributed by atoms with Crippen LogP contribution in [0.3, 0.4) is 0 Å². The largest absolute Gasteiger partial charge is 0.448 e. The maximum absolute atomic E-state index is 13.8. The number of amides is 2. The molecule has 1 fully saturated rings. The van der Waals surface area contributed by atoms with Gasteiger partial charge in [-0.3, -0.25) is 4.79 Å². The SMILES string of the molecule is CCOC(=O)N=C(N[C@@H](CC1CCCCC1)C(=O)NC(CC)C(O)c1nc2ccccc2o1)c1ccccc1. The van der Waals surface area contributed by atoms with Gasteiger partial charge < -0.3 is 24.9 Å². The fourth-order valence-corrected chi connectivity index (χ4v) is 5.05. The number of amidine groups is 1. The van der Waals surface area contributed by atoms with Crippen molar-refractivity contribution in [1.29, 1.82) is 0 Å². The van der Waals surface area contributed by atoms with Gasteiger partial charge >= 0.3 is 6.09 Å². The predicted molar refractivity (Wildman–Crippen MR) is 149 cm³/mol. The van der Waals surface area contributed by atoms with E-state index < -0.39 is 24.3 Å². The zero-order chi connectivity index (χ0) is 27.6. The number of para-hydroxylation sites is 2. The Balaban J connectivity index is 1.57. The third kappa shape index (κ3) is 7.66. The van der Waals surface area contributed by atoms with Crippen LogP contribution in [0, 0.1) is 5.92 Å². The lowest BCUT2D eigenvalue weighted by Gasteiger charge is -2.29. The summed E-state index contributed by atoms with van der Waals surface area (Å²) in [5, 5.41) is 17.4. The van der Waals surface area contributed by atoms with E-state index in [1.54, 1.807) is 13.0 Å². The van der Waals surface area contributed by atoms with E-state index >= 15 is 0 Å². The second-order valence-electron chi connectivity index (χ2n) is 9.95. The summed E-state index contributed by atoms with van der Waals surface area (Å²) in [5.74, 6) is 0.519. The number of carbonyl (C=O) groups excluding carboxylic acids is 2. The van der Waals surface area contributed by atoms with Crippen LogP contribution in [0.15, 0.2) is 64.0 Å². The van der Waals surface area contributed by atoms with E-state index in [1.807, 2.05) is 55.5 Å². The maximum atomic E-state index is 13.8. The molecule has 1 aromatic heterocycles. The summed E-state index contributed by atoms with van der Waals surface area (Å²) in [6.45, 7) is 3.80. The predicted octanol–water partition coefficient (Wildman–Crippen LogP) is 5.29. The number of carbonyl (C=O) groups is 2. The number of rotatable bonds is 10. The molecule has 3 aromatic rings. The number of hydrogen-bond acceptors (Lipinski definition) is 6. The lowest BCUT2D eigenvalue weighted by molar-refractivity contribution is -0.125. The summed E-state index contributed by atoms with van der Waals surface area (Å²) in [6, 6.07) is 15.2. The number of fused-ring (bicyclic) bond motifs is 1. The van der Waals surface area contributed by atoms with Gasteiger partial charge in [-0.05, 0) is 37.8 Å². The number of benzene rings is 2. The average molecular weight is 535 g/mol. The minimum atomic E-state index is -1.12. The molecule has 0 bridgehead atoms. The van der Waals surface area contributed by atoms with Crippen molar-refractivity contribution >= 4 is 28.9 Å². The Labute approximate surface area is 229 Å². The van der Waals surface area contributed by atoms with Crippen LogP contribution in [-0.4, -0.2) is 46.6 Å². The fourth-order valence-electron chi connectivity index (χ4n) is 5.05. The van der Waals surface area contributed by atoms with Gasteiger partial charge in [-0.2, -0.15) is 4.99 Å².